The molecule has 1 amide bonds. The number of carbonyl (C=O) groups is 1. The fourth-order valence-electron chi connectivity index (χ4n) is 2.58. The molecular weight excluding hydrogens is 379 g/mol. The second-order valence-electron chi connectivity index (χ2n) is 7.20. The van der Waals surface area contributed by atoms with Gasteiger partial charge in [-0.15, -0.1) is 10.2 Å². The zero-order valence-corrected chi connectivity index (χ0v) is 17.9. The highest BCUT2D eigenvalue weighted by atomic mass is 32.2. The maximum absolute atomic E-state index is 13.9. The van der Waals surface area contributed by atoms with Crippen LogP contribution in [0.1, 0.15) is 53.0 Å². The number of thioether (sulfide) groups is 1. The summed E-state index contributed by atoms with van der Waals surface area (Å²) in [5.74, 6) is 0.960. The Morgan fingerprint density at radius 3 is 2.61 bits per heavy atom. The maximum Gasteiger partial charge on any atom is 0.230 e. The second kappa shape index (κ2) is 10.5. The molecule has 2 rings (SSSR count). The molecule has 0 spiro atoms. The molecule has 2 atom stereocenters. The van der Waals surface area contributed by atoms with Crippen molar-refractivity contribution in [3.63, 3.8) is 0 Å². The highest BCUT2D eigenvalue weighted by molar-refractivity contribution is 7.99. The van der Waals surface area contributed by atoms with Crippen molar-refractivity contribution in [2.45, 2.75) is 64.9 Å². The fraction of sp³-hybridized carbons (Fsp3) is 0.550. The van der Waals surface area contributed by atoms with Crippen LogP contribution in [0.25, 0.3) is 0 Å². The van der Waals surface area contributed by atoms with E-state index in [1.54, 1.807) is 18.2 Å². The molecule has 2 aromatic rings. The van der Waals surface area contributed by atoms with E-state index >= 15 is 0 Å². The first-order valence-electron chi connectivity index (χ1n) is 9.58. The summed E-state index contributed by atoms with van der Waals surface area (Å²) < 4.78 is 21.6. The Labute approximate surface area is 170 Å². The molecule has 0 saturated heterocycles. The van der Waals surface area contributed by atoms with Crippen molar-refractivity contribution in [3.8, 4) is 5.75 Å². The van der Waals surface area contributed by atoms with E-state index in [0.29, 0.717) is 23.4 Å². The number of halogens is 1. The Kier molecular flexibility index (Phi) is 8.29. The van der Waals surface area contributed by atoms with Gasteiger partial charge in [-0.25, -0.2) is 4.39 Å². The van der Waals surface area contributed by atoms with Gasteiger partial charge < -0.3 is 14.6 Å². The molecule has 0 aliphatic heterocycles. The number of nitrogens with zero attached hydrogens (tertiary/aromatic N) is 3. The van der Waals surface area contributed by atoms with Crippen molar-refractivity contribution < 1.29 is 13.9 Å². The average molecular weight is 409 g/mol. The number of ether oxygens (including phenoxy) is 1. The van der Waals surface area contributed by atoms with Gasteiger partial charge in [0.2, 0.25) is 5.91 Å². The fourth-order valence-corrected chi connectivity index (χ4v) is 3.34. The molecular formula is C20H29FN4O2S. The average Bonchev–Trinajstić information content (AvgIpc) is 3.03. The van der Waals surface area contributed by atoms with E-state index in [1.165, 1.54) is 17.8 Å². The lowest BCUT2D eigenvalue weighted by atomic mass is 10.2. The number of rotatable bonds is 10. The molecule has 1 N–H and O–H groups in total. The molecule has 1 aromatic heterocycles. The summed E-state index contributed by atoms with van der Waals surface area (Å²) in [6, 6.07) is 6.43. The third-order valence-corrected chi connectivity index (χ3v) is 5.12. The first kappa shape index (κ1) is 22.2. The topological polar surface area (TPSA) is 69.0 Å². The summed E-state index contributed by atoms with van der Waals surface area (Å²) in [6.07, 6.45) is 0.404. The Morgan fingerprint density at radius 2 is 1.96 bits per heavy atom. The molecule has 2 unspecified atom stereocenters. The summed E-state index contributed by atoms with van der Waals surface area (Å²) in [6.45, 7) is 10.7. The van der Waals surface area contributed by atoms with Gasteiger partial charge in [-0.05, 0) is 38.3 Å². The van der Waals surface area contributed by atoms with Gasteiger partial charge in [-0.1, -0.05) is 44.7 Å². The molecule has 0 aliphatic rings. The molecule has 6 nitrogen and oxygen atoms in total. The number of para-hydroxylation sites is 1. The van der Waals surface area contributed by atoms with Crippen molar-refractivity contribution in [2.24, 2.45) is 5.92 Å². The van der Waals surface area contributed by atoms with E-state index in [2.05, 4.69) is 29.4 Å². The van der Waals surface area contributed by atoms with E-state index in [9.17, 15) is 9.18 Å². The summed E-state index contributed by atoms with van der Waals surface area (Å²) in [4.78, 5) is 12.1. The van der Waals surface area contributed by atoms with Crippen molar-refractivity contribution in [1.82, 2.24) is 20.1 Å². The number of benzene rings is 1. The quantitative estimate of drug-likeness (QED) is 0.596. The minimum absolute atomic E-state index is 0.0318. The van der Waals surface area contributed by atoms with Crippen molar-refractivity contribution >= 4 is 17.7 Å². The predicted octanol–water partition coefficient (Wildman–Crippen LogP) is 4.22. The van der Waals surface area contributed by atoms with Gasteiger partial charge in [0.25, 0.3) is 0 Å². The maximum atomic E-state index is 13.9. The van der Waals surface area contributed by atoms with Gasteiger partial charge in [-0.3, -0.25) is 4.79 Å². The molecule has 0 aliphatic carbocycles. The number of amides is 1. The van der Waals surface area contributed by atoms with Crippen LogP contribution in [0, 0.1) is 11.7 Å². The van der Waals surface area contributed by atoms with E-state index in [-0.39, 0.29) is 23.5 Å². The van der Waals surface area contributed by atoms with Crippen LogP contribution >= 0.6 is 11.8 Å². The molecule has 0 fully saturated rings. The van der Waals surface area contributed by atoms with E-state index < -0.39 is 11.9 Å². The molecule has 1 heterocycles. The van der Waals surface area contributed by atoms with Crippen LogP contribution in [0.5, 0.6) is 5.75 Å². The largest absolute Gasteiger partial charge is 0.480 e. The number of carbonyl (C=O) groups excluding carboxylic acids is 1. The molecule has 0 radical (unpaired) electrons. The normalized spacial score (nSPS) is 13.4. The standard InChI is InChI=1S/C20H29FN4O2S/c1-6-14(4)22-18(26)12-28-20-24-23-19(25(20)11-13(2)3)15(5)27-17-10-8-7-9-16(17)21/h7-10,13-15H,6,11-12H2,1-5H3,(H,22,26). The van der Waals surface area contributed by atoms with Crippen LogP contribution in [-0.4, -0.2) is 32.5 Å². The lowest BCUT2D eigenvalue weighted by molar-refractivity contribution is -0.119. The predicted molar refractivity (Wildman–Crippen MR) is 109 cm³/mol. The third-order valence-electron chi connectivity index (χ3n) is 4.15. The Hall–Kier alpha value is -2.09. The Bertz CT molecular complexity index is 781. The number of hydrogen-bond donors (Lipinski definition) is 1. The molecule has 0 bridgehead atoms. The van der Waals surface area contributed by atoms with E-state index in [4.69, 9.17) is 4.74 Å². The van der Waals surface area contributed by atoms with Crippen LogP contribution in [0.3, 0.4) is 0 Å². The number of hydrogen-bond acceptors (Lipinski definition) is 5. The molecule has 1 aromatic carbocycles. The zero-order chi connectivity index (χ0) is 20.7. The van der Waals surface area contributed by atoms with Crippen LogP contribution in [-0.2, 0) is 11.3 Å². The molecule has 0 saturated carbocycles. The highest BCUT2D eigenvalue weighted by Gasteiger charge is 2.22. The minimum atomic E-state index is -0.480. The van der Waals surface area contributed by atoms with Crippen molar-refractivity contribution in [3.05, 3.63) is 35.9 Å². The SMILES string of the molecule is CCC(C)NC(=O)CSc1nnc(C(C)Oc2ccccc2F)n1CC(C)C. The van der Waals surface area contributed by atoms with Crippen molar-refractivity contribution in [1.29, 1.82) is 0 Å². The third kappa shape index (κ3) is 6.22. The first-order valence-corrected chi connectivity index (χ1v) is 10.6. The number of aromatic nitrogens is 3. The van der Waals surface area contributed by atoms with Gasteiger partial charge in [0, 0.05) is 12.6 Å². The van der Waals surface area contributed by atoms with Gasteiger partial charge in [0.1, 0.15) is 0 Å². The lowest BCUT2D eigenvalue weighted by Crippen LogP contribution is -2.33. The molecule has 154 valence electrons. The van der Waals surface area contributed by atoms with Crippen LogP contribution in [0.4, 0.5) is 4.39 Å². The van der Waals surface area contributed by atoms with E-state index in [0.717, 1.165) is 6.42 Å². The number of nitrogens with one attached hydrogen (secondary N) is 1. The van der Waals surface area contributed by atoms with Gasteiger partial charge in [0.15, 0.2) is 28.7 Å². The monoisotopic (exact) mass is 408 g/mol. The van der Waals surface area contributed by atoms with Gasteiger partial charge in [-0.2, -0.15) is 0 Å². The van der Waals surface area contributed by atoms with Gasteiger partial charge >= 0.3 is 0 Å². The summed E-state index contributed by atoms with van der Waals surface area (Å²) >= 11 is 1.34. The Morgan fingerprint density at radius 1 is 1.25 bits per heavy atom. The van der Waals surface area contributed by atoms with Crippen molar-refractivity contribution in [2.75, 3.05) is 5.75 Å². The van der Waals surface area contributed by atoms with Crippen LogP contribution in [0.15, 0.2) is 29.4 Å². The van der Waals surface area contributed by atoms with E-state index in [1.807, 2.05) is 25.3 Å². The smallest absolute Gasteiger partial charge is 0.230 e. The van der Waals surface area contributed by atoms with Gasteiger partial charge in [0.05, 0.1) is 5.75 Å². The van der Waals surface area contributed by atoms with Crippen LogP contribution in [0.2, 0.25) is 0 Å². The highest BCUT2D eigenvalue weighted by Crippen LogP contribution is 2.26. The Balaban J connectivity index is 2.14. The summed E-state index contributed by atoms with van der Waals surface area (Å²) in [5.41, 5.74) is 0. The zero-order valence-electron chi connectivity index (χ0n) is 17.1. The minimum Gasteiger partial charge on any atom is -0.480 e. The second-order valence-corrected chi connectivity index (χ2v) is 8.14. The van der Waals surface area contributed by atoms with Crippen LogP contribution < -0.4 is 10.1 Å². The lowest BCUT2D eigenvalue weighted by Gasteiger charge is -2.18. The summed E-state index contributed by atoms with van der Waals surface area (Å²) in [5, 5.41) is 12.1. The summed E-state index contributed by atoms with van der Waals surface area (Å²) in [7, 11) is 0. The first-order chi connectivity index (χ1) is 13.3. The molecule has 8 heteroatoms. The molecule has 28 heavy (non-hydrogen) atoms.